The average Bonchev–Trinajstić information content (AvgIpc) is 2.51. The van der Waals surface area contributed by atoms with Gasteiger partial charge in [-0.15, -0.1) is 0 Å². The zero-order valence-electron chi connectivity index (χ0n) is 21.0. The maximum Gasteiger partial charge on any atom is 0.0434 e. The van der Waals surface area contributed by atoms with Crippen LogP contribution in [0.2, 0.25) is 0 Å². The highest BCUT2D eigenvalue weighted by Crippen LogP contribution is 2.38. The Morgan fingerprint density at radius 2 is 1.22 bits per heavy atom. The molecular formula is C22H31N. The van der Waals surface area contributed by atoms with E-state index in [1.165, 1.54) is 0 Å². The fourth-order valence-corrected chi connectivity index (χ4v) is 3.35. The van der Waals surface area contributed by atoms with Crippen LogP contribution in [0.3, 0.4) is 0 Å². The molecule has 124 valence electrons. The first-order chi connectivity index (χ1) is 12.9. The van der Waals surface area contributed by atoms with Crippen LogP contribution in [-0.2, 0) is 0 Å². The van der Waals surface area contributed by atoms with E-state index < -0.39 is 24.8 Å². The fraction of sp³-hybridized carbons (Fsp3) is 0.455. The molecule has 0 atom stereocenters. The third-order valence-corrected chi connectivity index (χ3v) is 3.78. The second kappa shape index (κ2) is 6.03. The lowest BCUT2D eigenvalue weighted by Crippen LogP contribution is -2.53. The van der Waals surface area contributed by atoms with Crippen molar-refractivity contribution in [3.8, 4) is 11.1 Å². The molecule has 0 radical (unpaired) electrons. The van der Waals surface area contributed by atoms with Crippen molar-refractivity contribution in [3.05, 3.63) is 53.6 Å². The summed E-state index contributed by atoms with van der Waals surface area (Å²) >= 11 is 0. The van der Waals surface area contributed by atoms with Crippen molar-refractivity contribution < 1.29 is 8.22 Å². The van der Waals surface area contributed by atoms with Crippen molar-refractivity contribution >= 4 is 5.69 Å². The Labute approximate surface area is 150 Å². The van der Waals surface area contributed by atoms with Crippen LogP contribution in [0.4, 0.5) is 5.69 Å². The lowest BCUT2D eigenvalue weighted by atomic mass is 9.90. The zero-order valence-corrected chi connectivity index (χ0v) is 15.0. The molecule has 0 amide bonds. The molecule has 0 heterocycles. The minimum atomic E-state index is -2.46. The molecule has 0 spiro atoms. The van der Waals surface area contributed by atoms with Crippen molar-refractivity contribution in [1.82, 2.24) is 0 Å². The fourth-order valence-electron chi connectivity index (χ4n) is 3.35. The predicted octanol–water partition coefficient (Wildman–Crippen LogP) is 6.37. The van der Waals surface area contributed by atoms with Crippen molar-refractivity contribution in [1.29, 1.82) is 0 Å². The van der Waals surface area contributed by atoms with Crippen LogP contribution in [0.5, 0.6) is 0 Å². The number of hydrogen-bond acceptors (Lipinski definition) is 1. The molecule has 0 aliphatic heterocycles. The third kappa shape index (κ3) is 3.77. The van der Waals surface area contributed by atoms with Gasteiger partial charge in [-0.2, -0.15) is 0 Å². The summed E-state index contributed by atoms with van der Waals surface area (Å²) < 4.78 is 49.2. The molecule has 0 saturated heterocycles. The van der Waals surface area contributed by atoms with Crippen molar-refractivity contribution in [2.24, 2.45) is 0 Å². The molecule has 2 aromatic carbocycles. The molecule has 0 aliphatic carbocycles. The molecule has 2 aromatic rings. The van der Waals surface area contributed by atoms with Gasteiger partial charge in [0.25, 0.3) is 0 Å². The minimum absolute atomic E-state index is 0.0647. The number of aryl methyl sites for hydroxylation is 2. The van der Waals surface area contributed by atoms with Gasteiger partial charge in [0.1, 0.15) is 0 Å². The Kier molecular flexibility index (Phi) is 2.86. The molecule has 2 rings (SSSR count). The first-order valence-corrected chi connectivity index (χ1v) is 7.99. The molecule has 0 bridgehead atoms. The monoisotopic (exact) mass is 315 g/mol. The SMILES string of the molecule is [2H]C([2H])([2H])c1cc(-c2ccccc2)cc(C([2H])([2H])[2H])c1N(C(C)(C)C)C(C)(C)C. The van der Waals surface area contributed by atoms with Crippen LogP contribution in [0.25, 0.3) is 11.1 Å². The van der Waals surface area contributed by atoms with Crippen LogP contribution in [0, 0.1) is 13.7 Å². The van der Waals surface area contributed by atoms with Crippen LogP contribution < -0.4 is 4.90 Å². The molecule has 0 aliphatic rings. The smallest absolute Gasteiger partial charge is 0.0434 e. The first-order valence-electron chi connectivity index (χ1n) is 11.0. The Morgan fingerprint density at radius 3 is 1.61 bits per heavy atom. The Morgan fingerprint density at radius 1 is 0.739 bits per heavy atom. The molecule has 0 unspecified atom stereocenters. The van der Waals surface area contributed by atoms with E-state index in [9.17, 15) is 0 Å². The molecule has 23 heavy (non-hydrogen) atoms. The third-order valence-electron chi connectivity index (χ3n) is 3.78. The highest BCUT2D eigenvalue weighted by molar-refractivity contribution is 5.72. The van der Waals surface area contributed by atoms with E-state index in [2.05, 4.69) is 0 Å². The van der Waals surface area contributed by atoms with E-state index in [1.807, 2.05) is 76.8 Å². The summed E-state index contributed by atoms with van der Waals surface area (Å²) in [6, 6.07) is 12.5. The molecule has 0 N–H and O–H groups in total. The number of nitrogens with zero attached hydrogens (tertiary/aromatic N) is 1. The van der Waals surface area contributed by atoms with E-state index in [0.717, 1.165) is 5.56 Å². The van der Waals surface area contributed by atoms with Gasteiger partial charge >= 0.3 is 0 Å². The van der Waals surface area contributed by atoms with E-state index in [-0.39, 0.29) is 16.8 Å². The topological polar surface area (TPSA) is 3.24 Å². The van der Waals surface area contributed by atoms with Gasteiger partial charge in [-0.3, -0.25) is 0 Å². The minimum Gasteiger partial charge on any atom is -0.361 e. The summed E-state index contributed by atoms with van der Waals surface area (Å²) in [7, 11) is 0. The van der Waals surface area contributed by atoms with E-state index in [0.29, 0.717) is 5.56 Å². The number of benzene rings is 2. The Bertz CT molecular complexity index is 803. The predicted molar refractivity (Wildman–Crippen MR) is 103 cm³/mol. The number of hydrogen-bond donors (Lipinski definition) is 0. The largest absolute Gasteiger partial charge is 0.361 e. The Balaban J connectivity index is 3.02. The van der Waals surface area contributed by atoms with Gasteiger partial charge in [-0.1, -0.05) is 30.3 Å². The van der Waals surface area contributed by atoms with Crippen molar-refractivity contribution in [2.75, 3.05) is 4.90 Å². The van der Waals surface area contributed by atoms with Gasteiger partial charge < -0.3 is 4.90 Å². The zero-order chi connectivity index (χ0) is 22.4. The van der Waals surface area contributed by atoms with Gasteiger partial charge in [-0.25, -0.2) is 0 Å². The average molecular weight is 316 g/mol. The summed E-state index contributed by atoms with van der Waals surface area (Å²) in [5.74, 6) is 0. The second-order valence-corrected chi connectivity index (χ2v) is 7.96. The summed E-state index contributed by atoms with van der Waals surface area (Å²) in [4.78, 5) is 1.93. The van der Waals surface area contributed by atoms with Crippen LogP contribution in [-0.4, -0.2) is 11.1 Å². The molecule has 0 aromatic heterocycles. The van der Waals surface area contributed by atoms with E-state index in [1.54, 1.807) is 12.1 Å². The number of rotatable bonds is 2. The summed E-state index contributed by atoms with van der Waals surface area (Å²) in [6.45, 7) is 6.88. The standard InChI is InChI=1S/C22H31N/c1-16-14-19(18-12-10-9-11-13-18)15-17(2)20(16)23(21(3,4)5)22(6,7)8/h9-15H,1-8H3/i1D3,2D3. The highest BCUT2D eigenvalue weighted by atomic mass is 15.2. The van der Waals surface area contributed by atoms with E-state index >= 15 is 0 Å². The van der Waals surface area contributed by atoms with Gasteiger partial charge in [-0.05, 0) is 89.6 Å². The normalized spacial score (nSPS) is 17.3. The molecular weight excluding hydrogens is 278 g/mol. The lowest BCUT2D eigenvalue weighted by Gasteiger charge is -2.49. The first kappa shape index (κ1) is 10.9. The highest BCUT2D eigenvalue weighted by Gasteiger charge is 2.33. The maximum absolute atomic E-state index is 8.20. The lowest BCUT2D eigenvalue weighted by molar-refractivity contribution is 0.379. The van der Waals surface area contributed by atoms with Crippen LogP contribution >= 0.6 is 0 Å². The van der Waals surface area contributed by atoms with Gasteiger partial charge in [0.05, 0.1) is 0 Å². The summed E-state index contributed by atoms with van der Waals surface area (Å²) in [5, 5.41) is 0. The second-order valence-electron chi connectivity index (χ2n) is 7.96. The van der Waals surface area contributed by atoms with Crippen LogP contribution in [0.15, 0.2) is 42.5 Å². The summed E-state index contributed by atoms with van der Waals surface area (Å²) in [6.07, 6.45) is 0. The Hall–Kier alpha value is -1.76. The van der Waals surface area contributed by atoms with Gasteiger partial charge in [0.2, 0.25) is 0 Å². The molecule has 0 fully saturated rings. The van der Waals surface area contributed by atoms with Crippen LogP contribution in [0.1, 0.15) is 60.9 Å². The number of anilines is 1. The van der Waals surface area contributed by atoms with E-state index in [4.69, 9.17) is 8.22 Å². The van der Waals surface area contributed by atoms with Gasteiger partial charge in [0, 0.05) is 25.0 Å². The molecule has 0 saturated carbocycles. The summed E-state index contributed by atoms with van der Waals surface area (Å²) in [5.41, 5.74) is 0.802. The molecule has 1 nitrogen and oxygen atoms in total. The van der Waals surface area contributed by atoms with Crippen molar-refractivity contribution in [2.45, 2.75) is 66.3 Å². The van der Waals surface area contributed by atoms with Gasteiger partial charge in [0.15, 0.2) is 0 Å². The van der Waals surface area contributed by atoms with Crippen molar-refractivity contribution in [3.63, 3.8) is 0 Å². The molecule has 1 heteroatoms. The maximum atomic E-state index is 8.20. The quantitative estimate of drug-likeness (QED) is 0.622.